The molecule has 1 aromatic rings. The maximum absolute atomic E-state index is 5.95. The van der Waals surface area contributed by atoms with Crippen molar-refractivity contribution in [1.29, 1.82) is 0 Å². The van der Waals surface area contributed by atoms with Crippen molar-refractivity contribution in [1.82, 2.24) is 9.97 Å². The molecule has 0 saturated heterocycles. The lowest BCUT2D eigenvalue weighted by Gasteiger charge is -2.32. The SMILES string of the molecule is CC1CCC(Oc2ncncc2C(N)=S)CC1C. The Labute approximate surface area is 113 Å². The monoisotopic (exact) mass is 265 g/mol. The van der Waals surface area contributed by atoms with Gasteiger partial charge in [-0.1, -0.05) is 26.1 Å². The molecule has 0 amide bonds. The average Bonchev–Trinajstić information content (AvgIpc) is 2.34. The van der Waals surface area contributed by atoms with Crippen molar-refractivity contribution in [2.45, 2.75) is 39.2 Å². The number of aromatic nitrogens is 2. The minimum absolute atomic E-state index is 0.208. The number of hydrogen-bond donors (Lipinski definition) is 1. The lowest BCUT2D eigenvalue weighted by molar-refractivity contribution is 0.0961. The van der Waals surface area contributed by atoms with Gasteiger partial charge in [-0.15, -0.1) is 0 Å². The molecule has 1 aliphatic carbocycles. The van der Waals surface area contributed by atoms with Gasteiger partial charge in [0.15, 0.2) is 0 Å². The maximum atomic E-state index is 5.95. The first-order valence-corrected chi connectivity index (χ1v) is 6.75. The zero-order chi connectivity index (χ0) is 13.1. The van der Waals surface area contributed by atoms with E-state index in [4.69, 9.17) is 22.7 Å². The Kier molecular flexibility index (Phi) is 4.11. The first-order valence-electron chi connectivity index (χ1n) is 6.34. The van der Waals surface area contributed by atoms with Crippen LogP contribution < -0.4 is 10.5 Å². The Morgan fingerprint density at radius 3 is 2.83 bits per heavy atom. The molecular formula is C13H19N3OS. The lowest BCUT2D eigenvalue weighted by atomic mass is 9.80. The first kappa shape index (κ1) is 13.2. The number of nitrogens with two attached hydrogens (primary N) is 1. The fraction of sp³-hybridized carbons (Fsp3) is 0.615. The van der Waals surface area contributed by atoms with Crippen LogP contribution in [0.1, 0.15) is 38.7 Å². The highest BCUT2D eigenvalue weighted by Gasteiger charge is 2.26. The second-order valence-electron chi connectivity index (χ2n) is 5.11. The molecule has 0 aliphatic heterocycles. The fourth-order valence-electron chi connectivity index (χ4n) is 2.34. The molecule has 3 atom stereocenters. The van der Waals surface area contributed by atoms with Crippen LogP contribution >= 0.6 is 12.2 Å². The van der Waals surface area contributed by atoms with Gasteiger partial charge >= 0.3 is 0 Å². The second-order valence-corrected chi connectivity index (χ2v) is 5.55. The van der Waals surface area contributed by atoms with Crippen molar-refractivity contribution >= 4 is 17.2 Å². The third-order valence-corrected chi connectivity index (χ3v) is 3.99. The van der Waals surface area contributed by atoms with Crippen LogP contribution in [0.15, 0.2) is 12.5 Å². The smallest absolute Gasteiger partial charge is 0.227 e. The molecule has 1 fully saturated rings. The van der Waals surface area contributed by atoms with E-state index in [1.165, 1.54) is 12.7 Å². The van der Waals surface area contributed by atoms with Gasteiger partial charge < -0.3 is 10.5 Å². The Bertz CT molecular complexity index is 438. The third kappa shape index (κ3) is 2.96. The number of thiocarbonyl (C=S) groups is 1. The van der Waals surface area contributed by atoms with Crippen LogP contribution in [0.5, 0.6) is 5.88 Å². The van der Waals surface area contributed by atoms with Gasteiger partial charge in [0, 0.05) is 6.20 Å². The first-order chi connectivity index (χ1) is 8.58. The van der Waals surface area contributed by atoms with Gasteiger partial charge in [0.2, 0.25) is 5.88 Å². The predicted molar refractivity (Wildman–Crippen MR) is 74.5 cm³/mol. The van der Waals surface area contributed by atoms with Gasteiger partial charge in [-0.2, -0.15) is 0 Å². The van der Waals surface area contributed by atoms with E-state index in [2.05, 4.69) is 23.8 Å². The maximum Gasteiger partial charge on any atom is 0.227 e. The van der Waals surface area contributed by atoms with E-state index in [0.29, 0.717) is 17.4 Å². The predicted octanol–water partition coefficient (Wildman–Crippen LogP) is 2.31. The van der Waals surface area contributed by atoms with Crippen molar-refractivity contribution in [3.63, 3.8) is 0 Å². The fourth-order valence-corrected chi connectivity index (χ4v) is 2.48. The van der Waals surface area contributed by atoms with Gasteiger partial charge in [-0.3, -0.25) is 0 Å². The summed E-state index contributed by atoms with van der Waals surface area (Å²) in [6.45, 7) is 4.57. The van der Waals surface area contributed by atoms with Crippen LogP contribution in [0.3, 0.4) is 0 Å². The molecule has 5 heteroatoms. The average molecular weight is 265 g/mol. The molecule has 1 heterocycles. The Hall–Kier alpha value is -1.23. The van der Waals surface area contributed by atoms with E-state index in [1.807, 2.05) is 0 Å². The molecule has 0 aromatic carbocycles. The van der Waals surface area contributed by atoms with Crippen LogP contribution in [0.25, 0.3) is 0 Å². The molecule has 18 heavy (non-hydrogen) atoms. The van der Waals surface area contributed by atoms with Crippen LogP contribution in [0.2, 0.25) is 0 Å². The summed E-state index contributed by atoms with van der Waals surface area (Å²) >= 11 is 4.98. The Morgan fingerprint density at radius 1 is 1.39 bits per heavy atom. The topological polar surface area (TPSA) is 61.0 Å². The molecule has 4 nitrogen and oxygen atoms in total. The second kappa shape index (κ2) is 5.61. The molecule has 1 aliphatic rings. The summed E-state index contributed by atoms with van der Waals surface area (Å²) in [5, 5.41) is 0. The highest BCUT2D eigenvalue weighted by molar-refractivity contribution is 7.80. The molecule has 3 unspecified atom stereocenters. The summed E-state index contributed by atoms with van der Waals surface area (Å²) in [4.78, 5) is 8.35. The number of hydrogen-bond acceptors (Lipinski definition) is 4. The summed E-state index contributed by atoms with van der Waals surface area (Å²) in [5.41, 5.74) is 6.26. The molecule has 1 aromatic heterocycles. The van der Waals surface area contributed by atoms with E-state index in [0.717, 1.165) is 18.8 Å². The molecule has 98 valence electrons. The highest BCUT2D eigenvalue weighted by Crippen LogP contribution is 2.31. The van der Waals surface area contributed by atoms with Crippen LogP contribution in [0.4, 0.5) is 0 Å². The molecule has 0 radical (unpaired) electrons. The Morgan fingerprint density at radius 2 is 2.17 bits per heavy atom. The van der Waals surface area contributed by atoms with Gasteiger partial charge in [-0.05, 0) is 31.1 Å². The standard InChI is InChI=1S/C13H19N3OS/c1-8-3-4-10(5-9(8)2)17-13-11(12(14)18)6-15-7-16-13/h6-10H,3-5H2,1-2H3,(H2,14,18). The molecule has 0 spiro atoms. The molecule has 0 bridgehead atoms. The van der Waals surface area contributed by atoms with Crippen LogP contribution in [0, 0.1) is 11.8 Å². The van der Waals surface area contributed by atoms with Crippen LogP contribution in [-0.2, 0) is 0 Å². The van der Waals surface area contributed by atoms with Crippen molar-refractivity contribution in [3.8, 4) is 5.88 Å². The Balaban J connectivity index is 2.08. The third-order valence-electron chi connectivity index (χ3n) is 3.77. The molecule has 2 rings (SSSR count). The van der Waals surface area contributed by atoms with Gasteiger partial charge in [0.25, 0.3) is 0 Å². The summed E-state index contributed by atoms with van der Waals surface area (Å²) in [6, 6.07) is 0. The summed E-state index contributed by atoms with van der Waals surface area (Å²) in [6.07, 6.45) is 6.60. The highest BCUT2D eigenvalue weighted by atomic mass is 32.1. The van der Waals surface area contributed by atoms with E-state index in [-0.39, 0.29) is 11.1 Å². The molecule has 1 saturated carbocycles. The zero-order valence-electron chi connectivity index (χ0n) is 10.8. The minimum Gasteiger partial charge on any atom is -0.474 e. The summed E-state index contributed by atoms with van der Waals surface area (Å²) in [5.74, 6) is 1.97. The van der Waals surface area contributed by atoms with E-state index < -0.39 is 0 Å². The summed E-state index contributed by atoms with van der Waals surface area (Å²) < 4.78 is 5.95. The molecule has 2 N–H and O–H groups in total. The number of ether oxygens (including phenoxy) is 1. The van der Waals surface area contributed by atoms with E-state index in [9.17, 15) is 0 Å². The normalized spacial score (nSPS) is 27.8. The largest absolute Gasteiger partial charge is 0.474 e. The van der Waals surface area contributed by atoms with Crippen molar-refractivity contribution in [2.75, 3.05) is 0 Å². The van der Waals surface area contributed by atoms with Crippen molar-refractivity contribution < 1.29 is 4.74 Å². The number of nitrogens with zero attached hydrogens (tertiary/aromatic N) is 2. The molecular weight excluding hydrogens is 246 g/mol. The lowest BCUT2D eigenvalue weighted by Crippen LogP contribution is -2.29. The number of rotatable bonds is 3. The minimum atomic E-state index is 0.208. The zero-order valence-corrected chi connectivity index (χ0v) is 11.6. The van der Waals surface area contributed by atoms with E-state index in [1.54, 1.807) is 6.20 Å². The van der Waals surface area contributed by atoms with Crippen LogP contribution in [-0.4, -0.2) is 21.1 Å². The van der Waals surface area contributed by atoms with Crippen molar-refractivity contribution in [3.05, 3.63) is 18.1 Å². The van der Waals surface area contributed by atoms with Gasteiger partial charge in [0.1, 0.15) is 17.4 Å². The van der Waals surface area contributed by atoms with Gasteiger partial charge in [-0.25, -0.2) is 9.97 Å². The quantitative estimate of drug-likeness (QED) is 0.850. The van der Waals surface area contributed by atoms with Gasteiger partial charge in [0.05, 0.1) is 5.56 Å². The van der Waals surface area contributed by atoms with E-state index >= 15 is 0 Å². The van der Waals surface area contributed by atoms with Crippen molar-refractivity contribution in [2.24, 2.45) is 17.6 Å². The summed E-state index contributed by atoms with van der Waals surface area (Å²) in [7, 11) is 0.